The molecular formula is C27H33F2N4O8P. The number of ether oxygens (including phenoxy) is 2. The van der Waals surface area contributed by atoms with Crippen LogP contribution in [0.4, 0.5) is 14.6 Å². The molecule has 0 aliphatic rings. The molecular weight excluding hydrogens is 577 g/mol. The van der Waals surface area contributed by atoms with Crippen molar-refractivity contribution < 1.29 is 41.8 Å². The molecule has 0 aliphatic heterocycles. The molecule has 2 unspecified atom stereocenters. The van der Waals surface area contributed by atoms with Gasteiger partial charge in [0.25, 0.3) is 5.92 Å². The summed E-state index contributed by atoms with van der Waals surface area (Å²) in [5.41, 5.74) is 5.11. The van der Waals surface area contributed by atoms with Gasteiger partial charge in [0.15, 0.2) is 0 Å². The smallest absolute Gasteiger partial charge is 0.459 e. The van der Waals surface area contributed by atoms with Crippen LogP contribution in [0.2, 0.25) is 0 Å². The van der Waals surface area contributed by atoms with Crippen LogP contribution < -0.4 is 21.0 Å². The molecule has 3 aromatic rings. The van der Waals surface area contributed by atoms with Crippen molar-refractivity contribution in [1.29, 1.82) is 0 Å². The third-order valence-electron chi connectivity index (χ3n) is 6.18. The molecule has 4 N–H and O–H groups in total. The van der Waals surface area contributed by atoms with Gasteiger partial charge >= 0.3 is 19.4 Å². The first-order valence-electron chi connectivity index (χ1n) is 12.8. The molecule has 42 heavy (non-hydrogen) atoms. The zero-order valence-corrected chi connectivity index (χ0v) is 24.0. The van der Waals surface area contributed by atoms with Crippen LogP contribution in [-0.4, -0.2) is 58.5 Å². The van der Waals surface area contributed by atoms with Crippen LogP contribution >= 0.6 is 7.75 Å². The molecule has 1 aromatic heterocycles. The molecule has 0 spiro atoms. The molecule has 1 heterocycles. The fourth-order valence-electron chi connectivity index (χ4n) is 3.71. The largest absolute Gasteiger partial charge is 0.460 e. The van der Waals surface area contributed by atoms with E-state index >= 15 is 8.78 Å². The molecule has 15 heteroatoms. The van der Waals surface area contributed by atoms with Crippen molar-refractivity contribution in [2.75, 3.05) is 19.5 Å². The van der Waals surface area contributed by atoms with Crippen molar-refractivity contribution in [2.45, 2.75) is 50.7 Å². The highest BCUT2D eigenvalue weighted by molar-refractivity contribution is 7.52. The minimum Gasteiger partial charge on any atom is -0.460 e. The van der Waals surface area contributed by atoms with Crippen LogP contribution in [0.5, 0.6) is 5.75 Å². The number of hydrogen-bond donors (Lipinski definition) is 3. The predicted molar refractivity (Wildman–Crippen MR) is 149 cm³/mol. The van der Waals surface area contributed by atoms with Gasteiger partial charge in [0, 0.05) is 13.3 Å². The molecule has 0 saturated carbocycles. The van der Waals surface area contributed by atoms with Gasteiger partial charge in [-0.1, -0.05) is 48.5 Å². The number of aromatic nitrogens is 2. The van der Waals surface area contributed by atoms with Gasteiger partial charge in [-0.15, -0.1) is 0 Å². The Hall–Kier alpha value is -3.68. The molecule has 0 radical (unpaired) electrons. The van der Waals surface area contributed by atoms with E-state index in [-0.39, 0.29) is 18.2 Å². The minimum absolute atomic E-state index is 0.0474. The Balaban J connectivity index is 1.74. The van der Waals surface area contributed by atoms with Crippen LogP contribution in [0.1, 0.15) is 25.5 Å². The molecule has 12 nitrogen and oxygen atoms in total. The molecule has 0 amide bonds. The first kappa shape index (κ1) is 32.8. The van der Waals surface area contributed by atoms with Gasteiger partial charge in [-0.05, 0) is 37.6 Å². The van der Waals surface area contributed by atoms with Gasteiger partial charge < -0.3 is 24.8 Å². The minimum atomic E-state index is -4.47. The Kier molecular flexibility index (Phi) is 11.3. The number of halogens is 2. The van der Waals surface area contributed by atoms with E-state index < -0.39 is 56.2 Å². The molecule has 2 aromatic carbocycles. The number of nitrogen functional groups attached to an aromatic ring is 1. The highest BCUT2D eigenvalue weighted by atomic mass is 31.2. The Morgan fingerprint density at radius 3 is 2.33 bits per heavy atom. The number of esters is 1. The van der Waals surface area contributed by atoms with Gasteiger partial charge in [0.1, 0.15) is 42.5 Å². The van der Waals surface area contributed by atoms with E-state index in [4.69, 9.17) is 24.3 Å². The summed E-state index contributed by atoms with van der Waals surface area (Å²) < 4.78 is 66.3. The molecule has 228 valence electrons. The number of para-hydroxylation sites is 1. The number of carbonyl (C=O) groups is 1. The van der Waals surface area contributed by atoms with Gasteiger partial charge in [0.05, 0.1) is 6.61 Å². The Labute approximate surface area is 241 Å². The van der Waals surface area contributed by atoms with E-state index in [1.54, 1.807) is 48.5 Å². The second kappa shape index (κ2) is 14.5. The highest BCUT2D eigenvalue weighted by Crippen LogP contribution is 2.45. The lowest BCUT2D eigenvalue weighted by Crippen LogP contribution is -2.51. The maximum Gasteiger partial charge on any atom is 0.459 e. The lowest BCUT2D eigenvalue weighted by atomic mass is 10.0. The number of nitrogens with two attached hydrogens (primary N) is 1. The van der Waals surface area contributed by atoms with Gasteiger partial charge in [-0.2, -0.15) is 10.1 Å². The number of aliphatic hydroxyl groups excluding tert-OH is 1. The van der Waals surface area contributed by atoms with E-state index in [9.17, 15) is 19.3 Å². The van der Waals surface area contributed by atoms with Crippen LogP contribution in [0.25, 0.3) is 0 Å². The van der Waals surface area contributed by atoms with Crippen molar-refractivity contribution in [3.8, 4) is 5.75 Å². The highest BCUT2D eigenvalue weighted by Gasteiger charge is 2.50. The van der Waals surface area contributed by atoms with Gasteiger partial charge in [0.2, 0.25) is 0 Å². The average molecular weight is 611 g/mol. The SMILES string of the molecule is COC(COP(=O)(N[C@@H](C)C(=O)OCc1ccccc1)Oc1ccccc1)[C@H](O)C(F)(F)[C@@H](C)n1ccc(N)nc1=O. The molecule has 0 fully saturated rings. The van der Waals surface area contributed by atoms with E-state index in [0.29, 0.717) is 4.57 Å². The summed E-state index contributed by atoms with van der Waals surface area (Å²) >= 11 is 0. The monoisotopic (exact) mass is 610 g/mol. The number of nitrogens with zero attached hydrogens (tertiary/aromatic N) is 2. The number of hydrogen-bond acceptors (Lipinski definition) is 10. The van der Waals surface area contributed by atoms with E-state index in [2.05, 4.69) is 10.1 Å². The number of anilines is 1. The summed E-state index contributed by atoms with van der Waals surface area (Å²) in [7, 11) is -3.43. The lowest BCUT2D eigenvalue weighted by molar-refractivity contribution is -0.186. The number of nitrogens with one attached hydrogen (secondary N) is 1. The third-order valence-corrected chi connectivity index (χ3v) is 7.83. The summed E-state index contributed by atoms with van der Waals surface area (Å²) in [6, 6.07) is 14.7. The summed E-state index contributed by atoms with van der Waals surface area (Å²) in [6.45, 7) is 1.45. The van der Waals surface area contributed by atoms with Gasteiger partial charge in [-0.25, -0.2) is 18.1 Å². The number of carbonyl (C=O) groups excluding carboxylic acids is 1. The topological polar surface area (TPSA) is 164 Å². The zero-order chi connectivity index (χ0) is 30.9. The zero-order valence-electron chi connectivity index (χ0n) is 23.1. The predicted octanol–water partition coefficient (Wildman–Crippen LogP) is 3.32. The van der Waals surface area contributed by atoms with E-state index in [0.717, 1.165) is 31.9 Å². The second-order valence-corrected chi connectivity index (χ2v) is 10.9. The Morgan fingerprint density at radius 1 is 1.12 bits per heavy atom. The Morgan fingerprint density at radius 2 is 1.74 bits per heavy atom. The standard InChI is InChI=1S/C27H33F2N4O8P/c1-18(25(35)39-16-20-10-6-4-7-11-20)32-42(37,41-21-12-8-5-9-13-21)40-17-22(38-3)24(34)27(28,29)19(2)33-15-14-23(30)31-26(33)36/h4-15,18-19,22,24,34H,16-17H2,1-3H3,(H,32,37)(H2,30,31,36)/t18-,19+,22?,24-,42?/m0/s1. The number of aliphatic hydroxyl groups is 1. The maximum atomic E-state index is 15.3. The molecule has 0 bridgehead atoms. The number of benzene rings is 2. The number of methoxy groups -OCH3 is 1. The number of rotatable bonds is 15. The van der Waals surface area contributed by atoms with Crippen molar-refractivity contribution >= 4 is 19.5 Å². The fourth-order valence-corrected chi connectivity index (χ4v) is 5.22. The van der Waals surface area contributed by atoms with Crippen molar-refractivity contribution in [1.82, 2.24) is 14.6 Å². The van der Waals surface area contributed by atoms with Gasteiger partial charge in [-0.3, -0.25) is 13.9 Å². The molecule has 0 aliphatic carbocycles. The van der Waals surface area contributed by atoms with Crippen molar-refractivity contribution in [3.05, 3.63) is 89.0 Å². The molecule has 5 atom stereocenters. The van der Waals surface area contributed by atoms with Crippen LogP contribution in [0.3, 0.4) is 0 Å². The number of alkyl halides is 2. The molecule has 0 saturated heterocycles. The fraction of sp³-hybridized carbons (Fsp3) is 0.370. The van der Waals surface area contributed by atoms with E-state index in [1.165, 1.54) is 19.1 Å². The maximum absolute atomic E-state index is 15.3. The van der Waals surface area contributed by atoms with Crippen LogP contribution in [0, 0.1) is 0 Å². The summed E-state index contributed by atoms with van der Waals surface area (Å²) in [5, 5.41) is 13.1. The summed E-state index contributed by atoms with van der Waals surface area (Å²) in [4.78, 5) is 28.2. The second-order valence-electron chi connectivity index (χ2n) is 9.25. The van der Waals surface area contributed by atoms with Crippen molar-refractivity contribution in [2.24, 2.45) is 0 Å². The average Bonchev–Trinajstić information content (AvgIpc) is 2.96. The first-order valence-corrected chi connectivity index (χ1v) is 14.3. The lowest BCUT2D eigenvalue weighted by Gasteiger charge is -2.33. The summed E-state index contributed by atoms with van der Waals surface area (Å²) in [5.74, 6) is -4.82. The van der Waals surface area contributed by atoms with Crippen LogP contribution in [-0.2, 0) is 30.0 Å². The van der Waals surface area contributed by atoms with Crippen molar-refractivity contribution in [3.63, 3.8) is 0 Å². The molecule has 3 rings (SSSR count). The summed E-state index contributed by atoms with van der Waals surface area (Å²) in [6.07, 6.45) is -3.27. The third kappa shape index (κ3) is 8.66. The van der Waals surface area contributed by atoms with E-state index in [1.807, 2.05) is 0 Å². The van der Waals surface area contributed by atoms with Crippen LogP contribution in [0.15, 0.2) is 77.7 Å². The Bertz CT molecular complexity index is 1410. The first-order chi connectivity index (χ1) is 19.9. The normalized spacial score (nSPS) is 16.0. The quantitative estimate of drug-likeness (QED) is 0.171.